The molecule has 188 valence electrons. The van der Waals surface area contributed by atoms with Crippen molar-refractivity contribution < 1.29 is 27.4 Å². The first-order chi connectivity index (χ1) is 16.9. The Bertz CT molecular complexity index is 1210. The molecule has 3 aromatic rings. The van der Waals surface area contributed by atoms with Gasteiger partial charge in [-0.2, -0.15) is 0 Å². The highest BCUT2D eigenvalue weighted by Crippen LogP contribution is 2.40. The number of fused-ring (bicyclic) bond motifs is 1. The summed E-state index contributed by atoms with van der Waals surface area (Å²) in [7, 11) is -0.159. The van der Waals surface area contributed by atoms with Crippen LogP contribution in [0.5, 0.6) is 11.5 Å². The minimum Gasteiger partial charge on any atom is -0.495 e. The topological polar surface area (TPSA) is 95.0 Å². The zero-order valence-corrected chi connectivity index (χ0v) is 21.6. The van der Waals surface area contributed by atoms with Crippen LogP contribution in [0, 0.1) is 0 Å². The van der Waals surface area contributed by atoms with E-state index in [4.69, 9.17) is 19.2 Å². The highest BCUT2D eigenvalue weighted by atomic mass is 32.2. The number of hydrogen-bond acceptors (Lipinski definition) is 8. The van der Waals surface area contributed by atoms with Crippen LogP contribution in [0.2, 0.25) is 0 Å². The molecule has 1 unspecified atom stereocenters. The summed E-state index contributed by atoms with van der Waals surface area (Å²) >= 11 is 1.35. The van der Waals surface area contributed by atoms with Gasteiger partial charge >= 0.3 is 0 Å². The van der Waals surface area contributed by atoms with Crippen molar-refractivity contribution in [2.75, 3.05) is 38.0 Å². The fourth-order valence-electron chi connectivity index (χ4n) is 4.15. The Labute approximate surface area is 209 Å². The molecule has 4 rings (SSSR count). The molecule has 1 aliphatic heterocycles. The molecular weight excluding hydrogens is 488 g/mol. The molecule has 0 aliphatic carbocycles. The Morgan fingerprint density at radius 1 is 1.14 bits per heavy atom. The number of nitrogens with zero attached hydrogens (tertiary/aromatic N) is 2. The number of sulfone groups is 1. The van der Waals surface area contributed by atoms with E-state index in [0.29, 0.717) is 35.3 Å². The molecule has 1 atom stereocenters. The summed E-state index contributed by atoms with van der Waals surface area (Å²) < 4.78 is 42.7. The van der Waals surface area contributed by atoms with Gasteiger partial charge in [0.2, 0.25) is 5.91 Å². The third-order valence-corrected chi connectivity index (χ3v) is 8.69. The van der Waals surface area contributed by atoms with Crippen molar-refractivity contribution in [3.63, 3.8) is 0 Å². The molecule has 1 aromatic heterocycles. The summed E-state index contributed by atoms with van der Waals surface area (Å²) in [5.41, 5.74) is 1.37. The first-order valence-electron chi connectivity index (χ1n) is 11.6. The highest BCUT2D eigenvalue weighted by Gasteiger charge is 2.27. The summed E-state index contributed by atoms with van der Waals surface area (Å²) in [6.45, 7) is 1.05. The van der Waals surface area contributed by atoms with Crippen molar-refractivity contribution >= 4 is 42.4 Å². The number of benzene rings is 2. The van der Waals surface area contributed by atoms with E-state index in [1.807, 2.05) is 24.3 Å². The van der Waals surface area contributed by atoms with E-state index in [-0.39, 0.29) is 36.4 Å². The van der Waals surface area contributed by atoms with Crippen molar-refractivity contribution in [1.29, 1.82) is 0 Å². The van der Waals surface area contributed by atoms with E-state index in [9.17, 15) is 13.2 Å². The van der Waals surface area contributed by atoms with Gasteiger partial charge in [0.25, 0.3) is 0 Å². The zero-order valence-electron chi connectivity index (χ0n) is 19.9. The maximum Gasteiger partial charge on any atom is 0.228 e. The molecule has 1 amide bonds. The van der Waals surface area contributed by atoms with E-state index in [1.54, 1.807) is 37.3 Å². The normalized spacial score (nSPS) is 15.9. The minimum atomic E-state index is -3.32. The summed E-state index contributed by atoms with van der Waals surface area (Å²) in [4.78, 5) is 19.7. The number of carbonyl (C=O) groups is 1. The molecule has 0 saturated carbocycles. The van der Waals surface area contributed by atoms with Crippen LogP contribution in [0.15, 0.2) is 42.5 Å². The molecule has 0 spiro atoms. The minimum absolute atomic E-state index is 0.0287. The molecule has 8 nitrogen and oxygen atoms in total. The average molecular weight is 519 g/mol. The Morgan fingerprint density at radius 3 is 2.57 bits per heavy atom. The van der Waals surface area contributed by atoms with Crippen LogP contribution < -0.4 is 14.4 Å². The average Bonchev–Trinajstić information content (AvgIpc) is 3.52. The number of rotatable bonds is 11. The van der Waals surface area contributed by atoms with Gasteiger partial charge in [-0.1, -0.05) is 41.7 Å². The van der Waals surface area contributed by atoms with Crippen molar-refractivity contribution in [2.24, 2.45) is 0 Å². The molecule has 0 bridgehead atoms. The van der Waals surface area contributed by atoms with Gasteiger partial charge in [-0.15, -0.1) is 0 Å². The maximum absolute atomic E-state index is 13.3. The Hall–Kier alpha value is -2.69. The summed E-state index contributed by atoms with van der Waals surface area (Å²) in [6.07, 6.45) is 2.09. The van der Waals surface area contributed by atoms with Crippen LogP contribution in [0.4, 0.5) is 5.13 Å². The second-order valence-corrected chi connectivity index (χ2v) is 11.6. The van der Waals surface area contributed by atoms with Crippen molar-refractivity contribution in [3.05, 3.63) is 48.0 Å². The third kappa shape index (κ3) is 6.31. The van der Waals surface area contributed by atoms with Gasteiger partial charge in [0.05, 0.1) is 38.4 Å². The summed E-state index contributed by atoms with van der Waals surface area (Å²) in [5.74, 6) is 0.996. The Balaban J connectivity index is 1.51. The van der Waals surface area contributed by atoms with E-state index in [0.717, 1.165) is 23.1 Å². The van der Waals surface area contributed by atoms with Gasteiger partial charge in [-0.05, 0) is 37.0 Å². The smallest absolute Gasteiger partial charge is 0.228 e. The quantitative estimate of drug-likeness (QED) is 0.375. The standard InChI is InChI=1S/C25H30N2O6S2/c1-31-20-12-13-21(32-2)24-23(20)26-25(34-24)27(16-19-10-6-14-33-19)22(28)11-7-15-35(29,30)17-18-8-4-3-5-9-18/h3-5,8-9,12-13,19H,6-7,10-11,14-17H2,1-2H3. The molecule has 1 saturated heterocycles. The predicted molar refractivity (Wildman–Crippen MR) is 137 cm³/mol. The number of ether oxygens (including phenoxy) is 3. The van der Waals surface area contributed by atoms with E-state index in [1.165, 1.54) is 11.3 Å². The monoisotopic (exact) mass is 518 g/mol. The Kier molecular flexibility index (Phi) is 8.25. The molecule has 1 aliphatic rings. The molecule has 10 heteroatoms. The first-order valence-corrected chi connectivity index (χ1v) is 14.2. The lowest BCUT2D eigenvalue weighted by Gasteiger charge is -2.23. The van der Waals surface area contributed by atoms with Crippen LogP contribution >= 0.6 is 11.3 Å². The second-order valence-electron chi connectivity index (χ2n) is 8.46. The summed E-state index contributed by atoms with van der Waals surface area (Å²) in [5, 5.41) is 0.524. The number of aromatic nitrogens is 1. The predicted octanol–water partition coefficient (Wildman–Crippen LogP) is 4.22. The maximum atomic E-state index is 13.3. The van der Waals surface area contributed by atoms with Gasteiger partial charge in [-0.3, -0.25) is 9.69 Å². The summed E-state index contributed by atoms with van der Waals surface area (Å²) in [6, 6.07) is 12.7. The largest absolute Gasteiger partial charge is 0.495 e. The number of methoxy groups -OCH3 is 2. The lowest BCUT2D eigenvalue weighted by Crippen LogP contribution is -2.37. The molecule has 0 N–H and O–H groups in total. The van der Waals surface area contributed by atoms with Gasteiger partial charge < -0.3 is 14.2 Å². The van der Waals surface area contributed by atoms with Crippen molar-refractivity contribution in [1.82, 2.24) is 4.98 Å². The molecule has 1 fully saturated rings. The van der Waals surface area contributed by atoms with Gasteiger partial charge in [-0.25, -0.2) is 13.4 Å². The first kappa shape index (κ1) is 25.4. The van der Waals surface area contributed by atoms with Crippen LogP contribution in [0.3, 0.4) is 0 Å². The SMILES string of the molecule is COc1ccc(OC)c2sc(N(CC3CCCO3)C(=O)CCCS(=O)(=O)Cc3ccccc3)nc12. The lowest BCUT2D eigenvalue weighted by molar-refractivity contribution is -0.119. The third-order valence-electron chi connectivity index (χ3n) is 5.92. The Morgan fingerprint density at radius 2 is 1.89 bits per heavy atom. The fourth-order valence-corrected chi connectivity index (χ4v) is 6.68. The number of hydrogen-bond donors (Lipinski definition) is 0. The van der Waals surface area contributed by atoms with E-state index in [2.05, 4.69) is 0 Å². The number of thiazole rings is 1. The van der Waals surface area contributed by atoms with Crippen LogP contribution in [0.25, 0.3) is 10.2 Å². The highest BCUT2D eigenvalue weighted by molar-refractivity contribution is 7.90. The molecule has 35 heavy (non-hydrogen) atoms. The lowest BCUT2D eigenvalue weighted by atomic mass is 10.2. The van der Waals surface area contributed by atoms with Crippen molar-refractivity contribution in [2.45, 2.75) is 37.5 Å². The van der Waals surface area contributed by atoms with Gasteiger partial charge in [0.15, 0.2) is 15.0 Å². The van der Waals surface area contributed by atoms with E-state index >= 15 is 0 Å². The van der Waals surface area contributed by atoms with Crippen LogP contribution in [-0.2, 0) is 25.1 Å². The molecular formula is C25H30N2O6S2. The zero-order chi connectivity index (χ0) is 24.8. The van der Waals surface area contributed by atoms with E-state index < -0.39 is 9.84 Å². The molecule has 2 heterocycles. The number of amides is 1. The van der Waals surface area contributed by atoms with Crippen molar-refractivity contribution in [3.8, 4) is 11.5 Å². The fraction of sp³-hybridized carbons (Fsp3) is 0.440. The molecule has 2 aromatic carbocycles. The number of carbonyl (C=O) groups excluding carboxylic acids is 1. The second kappa shape index (κ2) is 11.4. The van der Waals surface area contributed by atoms with Crippen LogP contribution in [-0.4, -0.2) is 58.5 Å². The van der Waals surface area contributed by atoms with Crippen LogP contribution in [0.1, 0.15) is 31.2 Å². The molecule has 0 radical (unpaired) electrons. The van der Waals surface area contributed by atoms with Gasteiger partial charge in [0, 0.05) is 13.0 Å². The van der Waals surface area contributed by atoms with Gasteiger partial charge in [0.1, 0.15) is 21.7 Å². The number of anilines is 1.